The number of aromatic nitrogens is 1. The Morgan fingerprint density at radius 1 is 1.17 bits per heavy atom. The first-order valence-electron chi connectivity index (χ1n) is 9.61. The van der Waals surface area contributed by atoms with Gasteiger partial charge in [-0.05, 0) is 37.8 Å². The van der Waals surface area contributed by atoms with E-state index in [1.807, 2.05) is 0 Å². The summed E-state index contributed by atoms with van der Waals surface area (Å²) in [5.74, 6) is 0.117. The molecule has 0 spiro atoms. The van der Waals surface area contributed by atoms with Gasteiger partial charge in [-0.2, -0.15) is 0 Å². The SMILES string of the molecule is CCCCn1c(C(=O)NC2CCCCCC2)c(C)c2ccccc21. The topological polar surface area (TPSA) is 34.0 Å². The zero-order valence-corrected chi connectivity index (χ0v) is 15.1. The third-order valence-corrected chi connectivity index (χ3v) is 5.36. The molecule has 2 aromatic rings. The number of amides is 1. The molecule has 0 atom stereocenters. The largest absolute Gasteiger partial charge is 0.348 e. The molecule has 130 valence electrons. The lowest BCUT2D eigenvalue weighted by Gasteiger charge is -2.18. The minimum atomic E-state index is 0.117. The molecule has 24 heavy (non-hydrogen) atoms. The van der Waals surface area contributed by atoms with E-state index in [1.165, 1.54) is 36.6 Å². The molecule has 0 bridgehead atoms. The van der Waals surface area contributed by atoms with Crippen molar-refractivity contribution in [1.29, 1.82) is 0 Å². The summed E-state index contributed by atoms with van der Waals surface area (Å²) < 4.78 is 2.24. The standard InChI is InChI=1S/C21H30N2O/c1-3-4-15-23-19-14-10-9-13-18(19)16(2)20(23)21(24)22-17-11-7-5-6-8-12-17/h9-10,13-14,17H,3-8,11-12,15H2,1-2H3,(H,22,24). The van der Waals surface area contributed by atoms with E-state index in [4.69, 9.17) is 0 Å². The van der Waals surface area contributed by atoms with Crippen molar-refractivity contribution in [2.24, 2.45) is 0 Å². The van der Waals surface area contributed by atoms with Gasteiger partial charge in [0.25, 0.3) is 5.91 Å². The summed E-state index contributed by atoms with van der Waals surface area (Å²) in [6.45, 7) is 5.20. The Morgan fingerprint density at radius 3 is 2.58 bits per heavy atom. The van der Waals surface area contributed by atoms with Crippen LogP contribution in [0.5, 0.6) is 0 Å². The lowest BCUT2D eigenvalue weighted by molar-refractivity contribution is 0.0923. The minimum absolute atomic E-state index is 0.117. The van der Waals surface area contributed by atoms with Gasteiger partial charge >= 0.3 is 0 Å². The molecule has 1 aromatic heterocycles. The number of fused-ring (bicyclic) bond motifs is 1. The summed E-state index contributed by atoms with van der Waals surface area (Å²) in [6.07, 6.45) is 9.58. The predicted molar refractivity (Wildman–Crippen MR) is 101 cm³/mol. The first-order chi connectivity index (χ1) is 11.7. The summed E-state index contributed by atoms with van der Waals surface area (Å²) >= 11 is 0. The Bertz CT molecular complexity index is 693. The maximum atomic E-state index is 13.1. The molecule has 0 radical (unpaired) electrons. The van der Waals surface area contributed by atoms with Gasteiger partial charge in [0.15, 0.2) is 0 Å². The molecule has 1 saturated carbocycles. The van der Waals surface area contributed by atoms with E-state index in [2.05, 4.69) is 48.0 Å². The molecule has 0 saturated heterocycles. The molecule has 1 amide bonds. The Kier molecular flexibility index (Phi) is 5.60. The highest BCUT2D eigenvalue weighted by Gasteiger charge is 2.22. The number of benzene rings is 1. The zero-order chi connectivity index (χ0) is 16.9. The van der Waals surface area contributed by atoms with Crippen LogP contribution in [-0.2, 0) is 6.54 Å². The van der Waals surface area contributed by atoms with E-state index in [9.17, 15) is 4.79 Å². The van der Waals surface area contributed by atoms with Gasteiger partial charge in [0.2, 0.25) is 0 Å². The summed E-state index contributed by atoms with van der Waals surface area (Å²) in [4.78, 5) is 13.1. The number of aryl methyl sites for hydroxylation is 2. The lowest BCUT2D eigenvalue weighted by Crippen LogP contribution is -2.36. The number of hydrogen-bond donors (Lipinski definition) is 1. The number of carbonyl (C=O) groups excluding carboxylic acids is 1. The normalized spacial score (nSPS) is 16.2. The molecule has 1 aliphatic rings. The van der Waals surface area contributed by atoms with Crippen LogP contribution >= 0.6 is 0 Å². The van der Waals surface area contributed by atoms with Gasteiger partial charge in [-0.3, -0.25) is 4.79 Å². The van der Waals surface area contributed by atoms with Gasteiger partial charge in [-0.25, -0.2) is 0 Å². The third-order valence-electron chi connectivity index (χ3n) is 5.36. The average Bonchev–Trinajstić information content (AvgIpc) is 2.74. The fraction of sp³-hybridized carbons (Fsp3) is 0.571. The third kappa shape index (κ3) is 3.50. The Morgan fingerprint density at radius 2 is 1.88 bits per heavy atom. The van der Waals surface area contributed by atoms with Crippen LogP contribution in [0.15, 0.2) is 24.3 Å². The van der Waals surface area contributed by atoms with Crippen LogP contribution in [0.4, 0.5) is 0 Å². The highest BCUT2D eigenvalue weighted by Crippen LogP contribution is 2.27. The van der Waals surface area contributed by atoms with Gasteiger partial charge in [0.05, 0.1) is 0 Å². The van der Waals surface area contributed by atoms with Crippen molar-refractivity contribution in [2.75, 3.05) is 0 Å². The van der Waals surface area contributed by atoms with Crippen LogP contribution in [0.3, 0.4) is 0 Å². The van der Waals surface area contributed by atoms with Crippen LogP contribution in [0, 0.1) is 6.92 Å². The zero-order valence-electron chi connectivity index (χ0n) is 15.1. The molecular formula is C21H30N2O. The molecular weight excluding hydrogens is 296 g/mol. The molecule has 0 aliphatic heterocycles. The Hall–Kier alpha value is -1.77. The molecule has 3 rings (SSSR count). The summed E-state index contributed by atoms with van der Waals surface area (Å²) in [5.41, 5.74) is 3.18. The van der Waals surface area contributed by atoms with E-state index in [0.717, 1.165) is 43.5 Å². The van der Waals surface area contributed by atoms with Gasteiger partial charge in [-0.1, -0.05) is 57.2 Å². The van der Waals surface area contributed by atoms with Gasteiger partial charge in [0.1, 0.15) is 5.69 Å². The smallest absolute Gasteiger partial charge is 0.268 e. The second kappa shape index (κ2) is 7.87. The molecule has 3 nitrogen and oxygen atoms in total. The van der Waals surface area contributed by atoms with Gasteiger partial charge in [-0.15, -0.1) is 0 Å². The van der Waals surface area contributed by atoms with Crippen molar-refractivity contribution in [2.45, 2.75) is 77.8 Å². The molecule has 1 heterocycles. The van der Waals surface area contributed by atoms with Crippen molar-refractivity contribution in [3.8, 4) is 0 Å². The van der Waals surface area contributed by atoms with E-state index >= 15 is 0 Å². The van der Waals surface area contributed by atoms with Crippen LogP contribution in [0.2, 0.25) is 0 Å². The molecule has 1 aromatic carbocycles. The van der Waals surface area contributed by atoms with E-state index in [-0.39, 0.29) is 5.91 Å². The monoisotopic (exact) mass is 326 g/mol. The molecule has 1 N–H and O–H groups in total. The maximum absolute atomic E-state index is 13.1. The van der Waals surface area contributed by atoms with E-state index in [0.29, 0.717) is 6.04 Å². The van der Waals surface area contributed by atoms with E-state index < -0.39 is 0 Å². The van der Waals surface area contributed by atoms with Crippen LogP contribution < -0.4 is 5.32 Å². The summed E-state index contributed by atoms with van der Waals surface area (Å²) in [5, 5.41) is 4.54. The highest BCUT2D eigenvalue weighted by atomic mass is 16.2. The number of nitrogens with one attached hydrogen (secondary N) is 1. The molecule has 0 unspecified atom stereocenters. The number of carbonyl (C=O) groups is 1. The maximum Gasteiger partial charge on any atom is 0.268 e. The number of para-hydroxylation sites is 1. The summed E-state index contributed by atoms with van der Waals surface area (Å²) in [7, 11) is 0. The summed E-state index contributed by atoms with van der Waals surface area (Å²) in [6, 6.07) is 8.75. The Balaban J connectivity index is 1.91. The molecule has 1 fully saturated rings. The second-order valence-corrected chi connectivity index (χ2v) is 7.16. The van der Waals surface area contributed by atoms with Crippen molar-refractivity contribution >= 4 is 16.8 Å². The quantitative estimate of drug-likeness (QED) is 0.753. The number of hydrogen-bond acceptors (Lipinski definition) is 1. The van der Waals surface area contributed by atoms with Crippen molar-refractivity contribution in [3.63, 3.8) is 0 Å². The van der Waals surface area contributed by atoms with Crippen LogP contribution in [0.1, 0.15) is 74.3 Å². The van der Waals surface area contributed by atoms with E-state index in [1.54, 1.807) is 0 Å². The van der Waals surface area contributed by atoms with Crippen molar-refractivity contribution in [1.82, 2.24) is 9.88 Å². The number of unbranched alkanes of at least 4 members (excludes halogenated alkanes) is 1. The molecule has 1 aliphatic carbocycles. The van der Waals surface area contributed by atoms with Crippen molar-refractivity contribution < 1.29 is 4.79 Å². The fourth-order valence-electron chi connectivity index (χ4n) is 4.00. The minimum Gasteiger partial charge on any atom is -0.348 e. The second-order valence-electron chi connectivity index (χ2n) is 7.16. The van der Waals surface area contributed by atoms with Gasteiger partial charge < -0.3 is 9.88 Å². The van der Waals surface area contributed by atoms with Crippen molar-refractivity contribution in [3.05, 3.63) is 35.5 Å². The number of nitrogens with zero attached hydrogens (tertiary/aromatic N) is 1. The first kappa shape index (κ1) is 17.1. The van der Waals surface area contributed by atoms with Crippen LogP contribution in [-0.4, -0.2) is 16.5 Å². The molecule has 3 heteroatoms. The number of rotatable bonds is 5. The first-order valence-corrected chi connectivity index (χ1v) is 9.61. The lowest BCUT2D eigenvalue weighted by atomic mass is 10.1. The fourth-order valence-corrected chi connectivity index (χ4v) is 4.00. The Labute approximate surface area is 145 Å². The highest BCUT2D eigenvalue weighted by molar-refractivity contribution is 6.01. The van der Waals surface area contributed by atoms with Gasteiger partial charge in [0, 0.05) is 23.5 Å². The predicted octanol–water partition coefficient (Wildman–Crippen LogP) is 5.20. The van der Waals surface area contributed by atoms with Crippen LogP contribution in [0.25, 0.3) is 10.9 Å². The average molecular weight is 326 g/mol.